The third kappa shape index (κ3) is 3.17. The maximum atomic E-state index is 10.8. The van der Waals surface area contributed by atoms with E-state index < -0.39 is 20.4 Å². The summed E-state index contributed by atoms with van der Waals surface area (Å²) in [6.45, 7) is 10.6. The molecule has 5 heteroatoms. The molecular formula is C12H22O4Si. The van der Waals surface area contributed by atoms with Gasteiger partial charge in [-0.2, -0.15) is 0 Å². The first-order chi connectivity index (χ1) is 7.54. The van der Waals surface area contributed by atoms with Crippen LogP contribution < -0.4 is 0 Å². The quantitative estimate of drug-likeness (QED) is 0.761. The van der Waals surface area contributed by atoms with Crippen LogP contribution in [0, 0.1) is 0 Å². The standard InChI is InChI=1S/C12H22O4Si/c1-12(2,3)17(4,5)16-8-6-9(11(14)15)10(13)7-8/h6,8,10,13H,7H2,1-5H3,(H,14,15)/t8-,10-/m1/s1. The SMILES string of the molecule is CC(C)(C)[Si](C)(C)O[C@@H]1C=C(C(=O)O)[C@H](O)C1. The van der Waals surface area contributed by atoms with Gasteiger partial charge in [0.25, 0.3) is 0 Å². The van der Waals surface area contributed by atoms with Crippen molar-refractivity contribution in [1.29, 1.82) is 0 Å². The monoisotopic (exact) mass is 258 g/mol. The molecule has 17 heavy (non-hydrogen) atoms. The van der Waals surface area contributed by atoms with Gasteiger partial charge >= 0.3 is 5.97 Å². The molecule has 0 saturated carbocycles. The zero-order chi connectivity index (χ0) is 13.4. The summed E-state index contributed by atoms with van der Waals surface area (Å²) in [6.07, 6.45) is 0.737. The minimum atomic E-state index is -1.91. The fraction of sp³-hybridized carbons (Fsp3) is 0.750. The molecule has 0 amide bonds. The van der Waals surface area contributed by atoms with Crippen molar-refractivity contribution < 1.29 is 19.4 Å². The summed E-state index contributed by atoms with van der Waals surface area (Å²) in [5.74, 6) is -1.06. The normalized spacial score (nSPS) is 25.9. The molecule has 2 N–H and O–H groups in total. The molecule has 0 aromatic rings. The summed E-state index contributed by atoms with van der Waals surface area (Å²) in [5, 5.41) is 18.6. The van der Waals surface area contributed by atoms with Gasteiger partial charge in [-0.05, 0) is 24.2 Å². The lowest BCUT2D eigenvalue weighted by molar-refractivity contribution is -0.133. The largest absolute Gasteiger partial charge is 0.478 e. The van der Waals surface area contributed by atoms with E-state index in [9.17, 15) is 9.90 Å². The molecule has 0 aromatic heterocycles. The van der Waals surface area contributed by atoms with E-state index in [2.05, 4.69) is 33.9 Å². The predicted octanol–water partition coefficient (Wildman–Crippen LogP) is 2.15. The molecule has 4 nitrogen and oxygen atoms in total. The molecule has 1 rings (SSSR count). The molecule has 0 fully saturated rings. The maximum absolute atomic E-state index is 10.8. The lowest BCUT2D eigenvalue weighted by Crippen LogP contribution is -2.43. The molecular weight excluding hydrogens is 236 g/mol. The molecule has 0 unspecified atom stereocenters. The summed E-state index contributed by atoms with van der Waals surface area (Å²) in [6, 6.07) is 0. The van der Waals surface area contributed by atoms with Gasteiger partial charge in [0.15, 0.2) is 8.32 Å². The predicted molar refractivity (Wildman–Crippen MR) is 68.4 cm³/mol. The maximum Gasteiger partial charge on any atom is 0.333 e. The zero-order valence-corrected chi connectivity index (χ0v) is 12.2. The number of aliphatic carboxylic acids is 1. The smallest absolute Gasteiger partial charge is 0.333 e. The summed E-state index contributed by atoms with van der Waals surface area (Å²) in [5.41, 5.74) is 0.0636. The van der Waals surface area contributed by atoms with Crippen LogP contribution >= 0.6 is 0 Å². The minimum absolute atomic E-state index is 0.0636. The van der Waals surface area contributed by atoms with E-state index >= 15 is 0 Å². The summed E-state index contributed by atoms with van der Waals surface area (Å²) < 4.78 is 6.05. The number of carbonyl (C=O) groups is 1. The van der Waals surface area contributed by atoms with Crippen molar-refractivity contribution in [2.24, 2.45) is 0 Å². The van der Waals surface area contributed by atoms with Gasteiger partial charge in [0.1, 0.15) is 0 Å². The second-order valence-electron chi connectivity index (χ2n) is 6.10. The van der Waals surface area contributed by atoms with E-state index in [1.165, 1.54) is 0 Å². The Morgan fingerprint density at radius 3 is 2.35 bits per heavy atom. The molecule has 1 aliphatic carbocycles. The van der Waals surface area contributed by atoms with Gasteiger partial charge in [-0.1, -0.05) is 20.8 Å². The third-order valence-electron chi connectivity index (χ3n) is 3.68. The second kappa shape index (κ2) is 4.55. The zero-order valence-electron chi connectivity index (χ0n) is 11.2. The van der Waals surface area contributed by atoms with Gasteiger partial charge in [-0.3, -0.25) is 0 Å². The van der Waals surface area contributed by atoms with Gasteiger partial charge in [-0.25, -0.2) is 4.79 Å². The molecule has 0 aliphatic heterocycles. The number of rotatable bonds is 3. The first-order valence-corrected chi connectivity index (χ1v) is 8.76. The van der Waals surface area contributed by atoms with Crippen LogP contribution in [0.5, 0.6) is 0 Å². The lowest BCUT2D eigenvalue weighted by Gasteiger charge is -2.38. The first kappa shape index (κ1) is 14.4. The van der Waals surface area contributed by atoms with E-state index in [0.717, 1.165) is 0 Å². The van der Waals surface area contributed by atoms with E-state index in [-0.39, 0.29) is 16.7 Å². The highest BCUT2D eigenvalue weighted by Crippen LogP contribution is 2.39. The van der Waals surface area contributed by atoms with E-state index in [0.29, 0.717) is 6.42 Å². The van der Waals surface area contributed by atoms with Crippen LogP contribution in [0.25, 0.3) is 0 Å². The molecule has 0 heterocycles. The van der Waals surface area contributed by atoms with E-state index in [4.69, 9.17) is 9.53 Å². The van der Waals surface area contributed by atoms with Gasteiger partial charge in [0.05, 0.1) is 17.8 Å². The van der Waals surface area contributed by atoms with Crippen molar-refractivity contribution in [1.82, 2.24) is 0 Å². The first-order valence-electron chi connectivity index (χ1n) is 5.85. The molecule has 98 valence electrons. The van der Waals surface area contributed by atoms with Crippen LogP contribution in [0.3, 0.4) is 0 Å². The number of aliphatic hydroxyl groups excluding tert-OH is 1. The average molecular weight is 258 g/mol. The highest BCUT2D eigenvalue weighted by molar-refractivity contribution is 6.74. The van der Waals surface area contributed by atoms with Crippen LogP contribution in [0.4, 0.5) is 0 Å². The second-order valence-corrected chi connectivity index (χ2v) is 10.9. The number of carboxylic acid groups (broad SMARTS) is 1. The summed E-state index contributed by atoms with van der Waals surface area (Å²) in [7, 11) is -1.91. The minimum Gasteiger partial charge on any atom is -0.478 e. The molecule has 1 aliphatic rings. The Hall–Kier alpha value is -0.653. The Morgan fingerprint density at radius 1 is 1.47 bits per heavy atom. The molecule has 0 saturated heterocycles. The molecule has 2 atom stereocenters. The van der Waals surface area contributed by atoms with Gasteiger partial charge in [0.2, 0.25) is 0 Å². The lowest BCUT2D eigenvalue weighted by atomic mass is 10.2. The number of hydrogen-bond donors (Lipinski definition) is 2. The number of aliphatic hydroxyl groups is 1. The van der Waals surface area contributed by atoms with E-state index in [1.54, 1.807) is 6.08 Å². The van der Waals surface area contributed by atoms with Crippen LogP contribution in [0.2, 0.25) is 18.1 Å². The third-order valence-corrected chi connectivity index (χ3v) is 8.18. The highest BCUT2D eigenvalue weighted by atomic mass is 28.4. The van der Waals surface area contributed by atoms with Gasteiger partial charge in [-0.15, -0.1) is 0 Å². The topological polar surface area (TPSA) is 66.8 Å². The Bertz CT molecular complexity index is 341. The Labute approximate surface area is 103 Å². The van der Waals surface area contributed by atoms with Gasteiger partial charge in [0, 0.05) is 6.42 Å². The van der Waals surface area contributed by atoms with Gasteiger partial charge < -0.3 is 14.6 Å². The Kier molecular flexibility index (Phi) is 3.86. The fourth-order valence-electron chi connectivity index (χ4n) is 1.58. The van der Waals surface area contributed by atoms with Crippen molar-refractivity contribution in [3.05, 3.63) is 11.6 Å². The molecule has 0 aromatic carbocycles. The molecule has 0 spiro atoms. The van der Waals surface area contributed by atoms with Crippen LogP contribution in [-0.4, -0.2) is 36.7 Å². The fourth-order valence-corrected chi connectivity index (χ4v) is 2.85. The average Bonchev–Trinajstić information content (AvgIpc) is 2.43. The number of carboxylic acids is 1. The van der Waals surface area contributed by atoms with Crippen molar-refractivity contribution in [3.8, 4) is 0 Å². The van der Waals surface area contributed by atoms with Crippen LogP contribution in [0.15, 0.2) is 11.6 Å². The van der Waals surface area contributed by atoms with Crippen LogP contribution in [0.1, 0.15) is 27.2 Å². The molecule has 0 bridgehead atoms. The van der Waals surface area contributed by atoms with Crippen molar-refractivity contribution >= 4 is 14.3 Å². The van der Waals surface area contributed by atoms with Crippen LogP contribution in [-0.2, 0) is 9.22 Å². The van der Waals surface area contributed by atoms with Crippen molar-refractivity contribution in [3.63, 3.8) is 0 Å². The summed E-state index contributed by atoms with van der Waals surface area (Å²) >= 11 is 0. The Balaban J connectivity index is 2.77. The van der Waals surface area contributed by atoms with Crippen molar-refractivity contribution in [2.75, 3.05) is 0 Å². The van der Waals surface area contributed by atoms with Crippen molar-refractivity contribution in [2.45, 2.75) is 57.5 Å². The highest BCUT2D eigenvalue weighted by Gasteiger charge is 2.41. The Morgan fingerprint density at radius 2 is 2.00 bits per heavy atom. The van der Waals surface area contributed by atoms with E-state index in [1.807, 2.05) is 0 Å². The molecule has 0 radical (unpaired) electrons. The summed E-state index contributed by atoms with van der Waals surface area (Å²) in [4.78, 5) is 10.8. The number of hydrogen-bond acceptors (Lipinski definition) is 3.